The van der Waals surface area contributed by atoms with Crippen LogP contribution in [0.3, 0.4) is 0 Å². The average molecular weight is 239 g/mol. The summed E-state index contributed by atoms with van der Waals surface area (Å²) in [6.07, 6.45) is 2.15. The van der Waals surface area contributed by atoms with Crippen molar-refractivity contribution in [3.63, 3.8) is 0 Å². The highest BCUT2D eigenvalue weighted by Gasteiger charge is 2.28. The predicted octanol–water partition coefficient (Wildman–Crippen LogP) is 2.19. The van der Waals surface area contributed by atoms with Crippen molar-refractivity contribution in [2.75, 3.05) is 13.2 Å². The Kier molecular flexibility index (Phi) is 3.64. The van der Waals surface area contributed by atoms with Crippen molar-refractivity contribution >= 4 is 0 Å². The number of phenols is 1. The standard InChI is InChI=1S/C13H18FNO2/c1-13(3-2-4-17-13)9-15-8-10-5-11(14)7-12(16)6-10/h5-7,15-16H,2-4,8-9H2,1H3. The van der Waals surface area contributed by atoms with E-state index in [9.17, 15) is 9.50 Å². The molecule has 1 aliphatic heterocycles. The van der Waals surface area contributed by atoms with Crippen LogP contribution in [0.2, 0.25) is 0 Å². The van der Waals surface area contributed by atoms with Crippen LogP contribution in [0, 0.1) is 5.82 Å². The molecule has 0 saturated carbocycles. The molecule has 3 nitrogen and oxygen atoms in total. The number of ether oxygens (including phenoxy) is 1. The molecule has 0 radical (unpaired) electrons. The molecule has 1 unspecified atom stereocenters. The van der Waals surface area contributed by atoms with Gasteiger partial charge >= 0.3 is 0 Å². The number of nitrogens with one attached hydrogen (secondary N) is 1. The third-order valence-electron chi connectivity index (χ3n) is 3.07. The highest BCUT2D eigenvalue weighted by Crippen LogP contribution is 2.24. The van der Waals surface area contributed by atoms with Crippen molar-refractivity contribution in [1.29, 1.82) is 0 Å². The Morgan fingerprint density at radius 3 is 2.94 bits per heavy atom. The summed E-state index contributed by atoms with van der Waals surface area (Å²) in [6, 6.07) is 4.09. The van der Waals surface area contributed by atoms with Crippen LogP contribution < -0.4 is 5.32 Å². The van der Waals surface area contributed by atoms with Crippen molar-refractivity contribution in [3.05, 3.63) is 29.6 Å². The van der Waals surface area contributed by atoms with Crippen LogP contribution in [0.5, 0.6) is 5.75 Å². The van der Waals surface area contributed by atoms with E-state index in [0.29, 0.717) is 6.54 Å². The van der Waals surface area contributed by atoms with Gasteiger partial charge in [-0.15, -0.1) is 0 Å². The maximum Gasteiger partial charge on any atom is 0.127 e. The van der Waals surface area contributed by atoms with E-state index in [1.54, 1.807) is 6.07 Å². The van der Waals surface area contributed by atoms with Crippen LogP contribution in [0.4, 0.5) is 4.39 Å². The summed E-state index contributed by atoms with van der Waals surface area (Å²) in [7, 11) is 0. The van der Waals surface area contributed by atoms with Gasteiger partial charge in [-0.3, -0.25) is 0 Å². The maximum atomic E-state index is 13.0. The van der Waals surface area contributed by atoms with Crippen LogP contribution in [0.1, 0.15) is 25.3 Å². The topological polar surface area (TPSA) is 41.5 Å². The van der Waals surface area contributed by atoms with Crippen LogP contribution in [0.25, 0.3) is 0 Å². The van der Waals surface area contributed by atoms with E-state index < -0.39 is 5.82 Å². The van der Waals surface area contributed by atoms with E-state index in [4.69, 9.17) is 4.74 Å². The zero-order valence-corrected chi connectivity index (χ0v) is 10.0. The third-order valence-corrected chi connectivity index (χ3v) is 3.07. The second kappa shape index (κ2) is 5.02. The summed E-state index contributed by atoms with van der Waals surface area (Å²) in [5.41, 5.74) is 0.638. The lowest BCUT2D eigenvalue weighted by Crippen LogP contribution is -2.36. The van der Waals surface area contributed by atoms with Crippen molar-refractivity contribution < 1.29 is 14.2 Å². The Balaban J connectivity index is 1.85. The quantitative estimate of drug-likeness (QED) is 0.846. The smallest absolute Gasteiger partial charge is 0.127 e. The van der Waals surface area contributed by atoms with Gasteiger partial charge < -0.3 is 15.2 Å². The Bertz CT molecular complexity index is 369. The van der Waals surface area contributed by atoms with E-state index >= 15 is 0 Å². The van der Waals surface area contributed by atoms with Gasteiger partial charge in [0.1, 0.15) is 11.6 Å². The Morgan fingerprint density at radius 1 is 1.47 bits per heavy atom. The molecule has 94 valence electrons. The summed E-state index contributed by atoms with van der Waals surface area (Å²) < 4.78 is 18.7. The Labute approximate surface area is 101 Å². The largest absolute Gasteiger partial charge is 0.508 e. The number of hydrogen-bond donors (Lipinski definition) is 2. The molecule has 2 N–H and O–H groups in total. The number of halogens is 1. The summed E-state index contributed by atoms with van der Waals surface area (Å²) in [5.74, 6) is -0.449. The maximum absolute atomic E-state index is 13.0. The molecule has 1 aliphatic rings. The number of aromatic hydroxyl groups is 1. The first-order chi connectivity index (χ1) is 8.07. The van der Waals surface area contributed by atoms with Crippen LogP contribution in [-0.2, 0) is 11.3 Å². The minimum Gasteiger partial charge on any atom is -0.508 e. The lowest BCUT2D eigenvalue weighted by atomic mass is 10.0. The zero-order valence-electron chi connectivity index (χ0n) is 10.0. The highest BCUT2D eigenvalue weighted by atomic mass is 19.1. The Morgan fingerprint density at radius 2 is 2.29 bits per heavy atom. The first-order valence-corrected chi connectivity index (χ1v) is 5.91. The van der Waals surface area contributed by atoms with Crippen molar-refractivity contribution in [3.8, 4) is 5.75 Å². The second-order valence-corrected chi connectivity index (χ2v) is 4.82. The van der Waals surface area contributed by atoms with Gasteiger partial charge in [-0.1, -0.05) is 0 Å². The molecular formula is C13H18FNO2. The molecule has 4 heteroatoms. The lowest BCUT2D eigenvalue weighted by Gasteiger charge is -2.23. The lowest BCUT2D eigenvalue weighted by molar-refractivity contribution is 0.0207. The normalized spacial score (nSPS) is 24.1. The molecule has 17 heavy (non-hydrogen) atoms. The molecule has 0 spiro atoms. The summed E-state index contributed by atoms with van der Waals surface area (Å²) in [5, 5.41) is 12.5. The van der Waals surface area contributed by atoms with Crippen molar-refractivity contribution in [1.82, 2.24) is 5.32 Å². The number of benzene rings is 1. The zero-order chi connectivity index (χ0) is 12.3. The number of phenolic OH excluding ortho intramolecular Hbond substituents is 1. The molecule has 0 amide bonds. The monoisotopic (exact) mass is 239 g/mol. The van der Waals surface area contributed by atoms with Crippen molar-refractivity contribution in [2.24, 2.45) is 0 Å². The molecule has 1 aromatic rings. The van der Waals surface area contributed by atoms with Crippen LogP contribution >= 0.6 is 0 Å². The van der Waals surface area contributed by atoms with E-state index in [1.807, 2.05) is 0 Å². The first-order valence-electron chi connectivity index (χ1n) is 5.91. The molecule has 1 saturated heterocycles. The number of hydrogen-bond acceptors (Lipinski definition) is 3. The van der Waals surface area contributed by atoms with Gasteiger partial charge in [-0.05, 0) is 37.5 Å². The minimum absolute atomic E-state index is 0.0369. The molecule has 1 fully saturated rings. The first kappa shape index (κ1) is 12.3. The molecule has 0 aromatic heterocycles. The van der Waals surface area contributed by atoms with Gasteiger partial charge in [0.2, 0.25) is 0 Å². The van der Waals surface area contributed by atoms with E-state index in [2.05, 4.69) is 12.2 Å². The summed E-state index contributed by atoms with van der Waals surface area (Å²) in [6.45, 7) is 4.17. The van der Waals surface area contributed by atoms with Gasteiger partial charge in [-0.2, -0.15) is 0 Å². The van der Waals surface area contributed by atoms with Gasteiger partial charge in [0.05, 0.1) is 5.60 Å². The average Bonchev–Trinajstić information content (AvgIpc) is 2.64. The molecule has 2 rings (SSSR count). The van der Waals surface area contributed by atoms with Gasteiger partial charge in [0, 0.05) is 25.8 Å². The second-order valence-electron chi connectivity index (χ2n) is 4.82. The van der Waals surface area contributed by atoms with Gasteiger partial charge in [0.25, 0.3) is 0 Å². The number of rotatable bonds is 4. The van der Waals surface area contributed by atoms with Crippen molar-refractivity contribution in [2.45, 2.75) is 31.9 Å². The molecular weight excluding hydrogens is 221 g/mol. The molecule has 1 heterocycles. The fraction of sp³-hybridized carbons (Fsp3) is 0.538. The van der Waals surface area contributed by atoms with Gasteiger partial charge in [0.15, 0.2) is 0 Å². The summed E-state index contributed by atoms with van der Waals surface area (Å²) >= 11 is 0. The van der Waals surface area contributed by atoms with Crippen LogP contribution in [0.15, 0.2) is 18.2 Å². The highest BCUT2D eigenvalue weighted by molar-refractivity contribution is 5.28. The Hall–Kier alpha value is -1.13. The van der Waals surface area contributed by atoms with E-state index in [1.165, 1.54) is 6.07 Å². The van der Waals surface area contributed by atoms with E-state index in [-0.39, 0.29) is 11.4 Å². The molecule has 1 aromatic carbocycles. The molecule has 0 aliphatic carbocycles. The SMILES string of the molecule is CC1(CNCc2cc(O)cc(F)c2)CCCO1. The molecule has 0 bridgehead atoms. The predicted molar refractivity (Wildman–Crippen MR) is 63.4 cm³/mol. The minimum atomic E-state index is -0.412. The fourth-order valence-corrected chi connectivity index (χ4v) is 2.18. The summed E-state index contributed by atoms with van der Waals surface area (Å²) in [4.78, 5) is 0. The fourth-order valence-electron chi connectivity index (χ4n) is 2.18. The van der Waals surface area contributed by atoms with Crippen LogP contribution in [-0.4, -0.2) is 23.9 Å². The van der Waals surface area contributed by atoms with Gasteiger partial charge in [-0.25, -0.2) is 4.39 Å². The molecule has 1 atom stereocenters. The third kappa shape index (κ3) is 3.41. The van der Waals surface area contributed by atoms with E-state index in [0.717, 1.165) is 37.6 Å².